The second kappa shape index (κ2) is 8.37. The van der Waals surface area contributed by atoms with Gasteiger partial charge in [0.2, 0.25) is 0 Å². The van der Waals surface area contributed by atoms with Crippen molar-refractivity contribution < 1.29 is 9.53 Å². The highest BCUT2D eigenvalue weighted by Crippen LogP contribution is 2.22. The predicted molar refractivity (Wildman–Crippen MR) is 129 cm³/mol. The van der Waals surface area contributed by atoms with Crippen LogP contribution >= 0.6 is 0 Å². The van der Waals surface area contributed by atoms with Crippen molar-refractivity contribution in [1.82, 2.24) is 18.6 Å². The van der Waals surface area contributed by atoms with Gasteiger partial charge >= 0.3 is 5.69 Å². The quantitative estimate of drug-likeness (QED) is 0.471. The Balaban J connectivity index is 1.34. The molecule has 1 atom stereocenters. The number of aromatic nitrogens is 3. The summed E-state index contributed by atoms with van der Waals surface area (Å²) in [6.07, 6.45) is 1.99. The van der Waals surface area contributed by atoms with Gasteiger partial charge < -0.3 is 14.2 Å². The Bertz CT molecular complexity index is 1510. The molecule has 0 spiro atoms. The fourth-order valence-corrected chi connectivity index (χ4v) is 4.57. The van der Waals surface area contributed by atoms with Gasteiger partial charge in [0, 0.05) is 39.1 Å². The summed E-state index contributed by atoms with van der Waals surface area (Å²) < 4.78 is 10.2. The van der Waals surface area contributed by atoms with Gasteiger partial charge in [0.15, 0.2) is 6.10 Å². The van der Waals surface area contributed by atoms with Crippen LogP contribution in [0.25, 0.3) is 16.7 Å². The lowest BCUT2D eigenvalue weighted by molar-refractivity contribution is -0.138. The van der Waals surface area contributed by atoms with Gasteiger partial charge in [0.1, 0.15) is 11.3 Å². The number of benzene rings is 2. The topological polar surface area (TPSA) is 78.5 Å². The Morgan fingerprint density at radius 2 is 1.65 bits per heavy atom. The van der Waals surface area contributed by atoms with E-state index in [9.17, 15) is 14.4 Å². The van der Waals surface area contributed by atoms with E-state index in [1.807, 2.05) is 29.2 Å². The lowest BCUT2D eigenvalue weighted by Crippen LogP contribution is -2.43. The molecule has 3 heterocycles. The third-order valence-electron chi connectivity index (χ3n) is 6.53. The summed E-state index contributed by atoms with van der Waals surface area (Å²) in [7, 11) is 3.11. The number of rotatable bonds is 4. The highest BCUT2D eigenvalue weighted by Gasteiger charge is 2.25. The maximum Gasteiger partial charge on any atom is 0.331 e. The van der Waals surface area contributed by atoms with Gasteiger partial charge in [0.25, 0.3) is 11.5 Å². The van der Waals surface area contributed by atoms with Crippen LogP contribution in [0.4, 0.5) is 0 Å². The fourth-order valence-electron chi connectivity index (χ4n) is 4.57. The van der Waals surface area contributed by atoms with E-state index in [0.29, 0.717) is 29.9 Å². The minimum absolute atomic E-state index is 0.0422. The Morgan fingerprint density at radius 1 is 0.941 bits per heavy atom. The van der Waals surface area contributed by atoms with Crippen LogP contribution in [0.2, 0.25) is 0 Å². The molecule has 0 saturated heterocycles. The standard InChI is InChI=1S/C26H26N4O4/c1-17(24(31)29-14-12-18-6-4-5-7-19(18)16-29)34-21-10-8-20(9-11-21)30-15-13-22-23(30)25(32)28(3)26(33)27(22)2/h4-11,13,15,17H,12,14,16H2,1-3H3. The van der Waals surface area contributed by atoms with Crippen LogP contribution in [0.15, 0.2) is 70.4 Å². The molecule has 1 amide bonds. The van der Waals surface area contributed by atoms with Crippen LogP contribution in [0.5, 0.6) is 5.75 Å². The number of carbonyl (C=O) groups is 1. The van der Waals surface area contributed by atoms with Gasteiger partial charge in [-0.05, 0) is 54.8 Å². The molecule has 8 heteroatoms. The molecule has 1 unspecified atom stereocenters. The number of nitrogens with zero attached hydrogens (tertiary/aromatic N) is 4. The zero-order chi connectivity index (χ0) is 24.0. The number of aryl methyl sites for hydroxylation is 1. The van der Waals surface area contributed by atoms with Gasteiger partial charge in [-0.1, -0.05) is 24.3 Å². The number of carbonyl (C=O) groups excluding carboxylic acids is 1. The molecule has 4 aromatic rings. The van der Waals surface area contributed by atoms with Crippen molar-refractivity contribution in [2.75, 3.05) is 6.54 Å². The zero-order valence-corrected chi connectivity index (χ0v) is 19.4. The third kappa shape index (κ3) is 3.61. The average Bonchev–Trinajstić information content (AvgIpc) is 3.31. The van der Waals surface area contributed by atoms with E-state index in [0.717, 1.165) is 16.7 Å². The second-order valence-corrected chi connectivity index (χ2v) is 8.66. The average molecular weight is 459 g/mol. The summed E-state index contributed by atoms with van der Waals surface area (Å²) >= 11 is 0. The summed E-state index contributed by atoms with van der Waals surface area (Å²) in [5, 5.41) is 0. The summed E-state index contributed by atoms with van der Waals surface area (Å²) in [5.41, 5.74) is 3.50. The van der Waals surface area contributed by atoms with Gasteiger partial charge in [-0.15, -0.1) is 0 Å². The van der Waals surface area contributed by atoms with E-state index in [1.165, 1.54) is 22.7 Å². The maximum atomic E-state index is 13.0. The van der Waals surface area contributed by atoms with Crippen LogP contribution in [-0.4, -0.2) is 37.2 Å². The molecule has 5 rings (SSSR count). The number of hydrogen-bond acceptors (Lipinski definition) is 4. The maximum absolute atomic E-state index is 13.0. The molecule has 2 aromatic heterocycles. The Labute approximate surface area is 196 Å². The monoisotopic (exact) mass is 458 g/mol. The highest BCUT2D eigenvalue weighted by molar-refractivity contribution is 5.81. The predicted octanol–water partition coefficient (Wildman–Crippen LogP) is 2.38. The van der Waals surface area contributed by atoms with Crippen LogP contribution in [0, 0.1) is 0 Å². The highest BCUT2D eigenvalue weighted by atomic mass is 16.5. The van der Waals surface area contributed by atoms with Crippen molar-refractivity contribution in [3.05, 3.63) is 92.8 Å². The summed E-state index contributed by atoms with van der Waals surface area (Å²) in [4.78, 5) is 39.7. The SMILES string of the molecule is CC(Oc1ccc(-n2ccc3c2c(=O)n(C)c(=O)n3C)cc1)C(=O)N1CCc2ccccc2C1. The van der Waals surface area contributed by atoms with Gasteiger partial charge in [-0.2, -0.15) is 0 Å². The number of hydrogen-bond donors (Lipinski definition) is 0. The van der Waals surface area contributed by atoms with Crippen molar-refractivity contribution in [3.8, 4) is 11.4 Å². The van der Waals surface area contributed by atoms with Gasteiger partial charge in [-0.3, -0.25) is 18.7 Å². The van der Waals surface area contributed by atoms with Crippen LogP contribution in [0.3, 0.4) is 0 Å². The van der Waals surface area contributed by atoms with E-state index in [-0.39, 0.29) is 17.2 Å². The largest absolute Gasteiger partial charge is 0.481 e. The minimum Gasteiger partial charge on any atom is -0.481 e. The molecule has 0 fully saturated rings. The molecule has 1 aliphatic heterocycles. The Morgan fingerprint density at radius 3 is 2.38 bits per heavy atom. The van der Waals surface area contributed by atoms with Crippen LogP contribution in [0.1, 0.15) is 18.1 Å². The third-order valence-corrected chi connectivity index (χ3v) is 6.53. The van der Waals surface area contributed by atoms with E-state index in [1.54, 1.807) is 42.9 Å². The van der Waals surface area contributed by atoms with E-state index in [4.69, 9.17) is 4.74 Å². The molecular weight excluding hydrogens is 432 g/mol. The molecule has 174 valence electrons. The van der Waals surface area contributed by atoms with Crippen molar-refractivity contribution in [1.29, 1.82) is 0 Å². The molecule has 34 heavy (non-hydrogen) atoms. The lowest BCUT2D eigenvalue weighted by atomic mass is 9.99. The Kier molecular flexibility index (Phi) is 5.36. The summed E-state index contributed by atoms with van der Waals surface area (Å²) in [6.45, 7) is 3.04. The van der Waals surface area contributed by atoms with E-state index < -0.39 is 6.10 Å². The van der Waals surface area contributed by atoms with Crippen LogP contribution in [-0.2, 0) is 31.9 Å². The number of fused-ring (bicyclic) bond motifs is 2. The molecule has 0 radical (unpaired) electrons. The second-order valence-electron chi connectivity index (χ2n) is 8.66. The summed E-state index contributed by atoms with van der Waals surface area (Å²) in [6, 6.07) is 17.2. The normalized spacial score (nSPS) is 14.1. The molecule has 0 N–H and O–H groups in total. The Hall–Kier alpha value is -4.07. The van der Waals surface area contributed by atoms with Gasteiger partial charge in [-0.25, -0.2) is 4.79 Å². The van der Waals surface area contributed by atoms with Crippen LogP contribution < -0.4 is 16.0 Å². The number of ether oxygens (including phenoxy) is 1. The summed E-state index contributed by atoms with van der Waals surface area (Å²) in [5.74, 6) is 0.526. The van der Waals surface area contributed by atoms with Crippen molar-refractivity contribution in [2.24, 2.45) is 14.1 Å². The minimum atomic E-state index is -0.620. The number of amides is 1. The molecule has 2 aromatic carbocycles. The first-order valence-electron chi connectivity index (χ1n) is 11.2. The molecule has 0 aliphatic carbocycles. The van der Waals surface area contributed by atoms with Crippen molar-refractivity contribution in [3.63, 3.8) is 0 Å². The van der Waals surface area contributed by atoms with E-state index >= 15 is 0 Å². The first kappa shape index (κ1) is 21.8. The van der Waals surface area contributed by atoms with E-state index in [2.05, 4.69) is 12.1 Å². The first-order valence-corrected chi connectivity index (χ1v) is 11.2. The zero-order valence-electron chi connectivity index (χ0n) is 19.4. The molecule has 8 nitrogen and oxygen atoms in total. The van der Waals surface area contributed by atoms with Gasteiger partial charge in [0.05, 0.1) is 5.52 Å². The molecule has 1 aliphatic rings. The van der Waals surface area contributed by atoms with Crippen molar-refractivity contribution >= 4 is 16.9 Å². The molecule has 0 saturated carbocycles. The first-order chi connectivity index (χ1) is 16.3. The molecular formula is C26H26N4O4. The van der Waals surface area contributed by atoms with Crippen molar-refractivity contribution in [2.45, 2.75) is 26.0 Å². The lowest BCUT2D eigenvalue weighted by Gasteiger charge is -2.31. The smallest absolute Gasteiger partial charge is 0.331 e. The molecule has 0 bridgehead atoms. The fraction of sp³-hybridized carbons (Fsp3) is 0.269.